The Morgan fingerprint density at radius 3 is 2.55 bits per heavy atom. The van der Waals surface area contributed by atoms with Gasteiger partial charge in [0.1, 0.15) is 5.75 Å². The molecule has 0 saturated carbocycles. The predicted molar refractivity (Wildman–Crippen MR) is 90.1 cm³/mol. The summed E-state index contributed by atoms with van der Waals surface area (Å²) in [6, 6.07) is 6.27. The number of methoxy groups -OCH3 is 1. The molecule has 0 aliphatic rings. The third-order valence-corrected chi connectivity index (χ3v) is 4.36. The molecule has 110 valence electrons. The van der Waals surface area contributed by atoms with Crippen LogP contribution in [-0.2, 0) is 0 Å². The van der Waals surface area contributed by atoms with E-state index in [1.807, 2.05) is 26.0 Å². The van der Waals surface area contributed by atoms with Gasteiger partial charge in [-0.2, -0.15) is 5.26 Å². The molecule has 1 aromatic carbocycles. The first-order chi connectivity index (χ1) is 9.39. The van der Waals surface area contributed by atoms with Gasteiger partial charge in [-0.1, -0.05) is 6.42 Å². The van der Waals surface area contributed by atoms with Gasteiger partial charge in [-0.15, -0.1) is 0 Å². The van der Waals surface area contributed by atoms with E-state index in [4.69, 9.17) is 10.00 Å². The van der Waals surface area contributed by atoms with Gasteiger partial charge in [-0.25, -0.2) is 0 Å². The van der Waals surface area contributed by atoms with Gasteiger partial charge in [0.2, 0.25) is 0 Å². The summed E-state index contributed by atoms with van der Waals surface area (Å²) >= 11 is 6.98. The highest BCUT2D eigenvalue weighted by molar-refractivity contribution is 9.11. The number of halogens is 2. The fourth-order valence-electron chi connectivity index (χ4n) is 1.79. The number of nitrogens with zero attached hydrogens (tertiary/aromatic N) is 1. The number of anilines is 1. The summed E-state index contributed by atoms with van der Waals surface area (Å²) in [5, 5.41) is 12.3. The van der Waals surface area contributed by atoms with E-state index in [1.54, 1.807) is 7.11 Å². The minimum atomic E-state index is -0.221. The van der Waals surface area contributed by atoms with Crippen LogP contribution in [0.1, 0.15) is 33.1 Å². The number of ether oxygens (including phenoxy) is 1. The molecule has 1 rings (SSSR count). The van der Waals surface area contributed by atoms with Crippen molar-refractivity contribution in [1.82, 2.24) is 0 Å². The molecule has 0 aromatic heterocycles. The van der Waals surface area contributed by atoms with Crippen LogP contribution in [-0.4, -0.2) is 13.7 Å². The molecule has 0 heterocycles. The normalized spacial score (nSPS) is 11.0. The smallest absolute Gasteiger partial charge is 0.135 e. The fourth-order valence-corrected chi connectivity index (χ4v) is 3.09. The maximum atomic E-state index is 8.96. The van der Waals surface area contributed by atoms with Crippen molar-refractivity contribution in [3.63, 3.8) is 0 Å². The van der Waals surface area contributed by atoms with Crippen molar-refractivity contribution in [2.24, 2.45) is 5.41 Å². The number of nitrogens with one attached hydrogen (secondary N) is 1. The van der Waals surface area contributed by atoms with Gasteiger partial charge >= 0.3 is 0 Å². The Bertz CT molecular complexity index is 495. The molecule has 20 heavy (non-hydrogen) atoms. The third kappa shape index (κ3) is 5.34. The first-order valence-corrected chi connectivity index (χ1v) is 8.16. The highest BCUT2D eigenvalue weighted by Gasteiger charge is 2.15. The van der Waals surface area contributed by atoms with Crippen LogP contribution in [0, 0.1) is 16.7 Å². The van der Waals surface area contributed by atoms with Crippen molar-refractivity contribution >= 4 is 37.5 Å². The lowest BCUT2D eigenvalue weighted by Gasteiger charge is -2.15. The zero-order chi connectivity index (χ0) is 15.2. The van der Waals surface area contributed by atoms with E-state index in [0.29, 0.717) is 0 Å². The first-order valence-electron chi connectivity index (χ1n) is 6.58. The zero-order valence-corrected chi connectivity index (χ0v) is 15.3. The Morgan fingerprint density at radius 2 is 1.95 bits per heavy atom. The topological polar surface area (TPSA) is 45.0 Å². The molecule has 0 spiro atoms. The van der Waals surface area contributed by atoms with E-state index in [-0.39, 0.29) is 5.41 Å². The summed E-state index contributed by atoms with van der Waals surface area (Å²) in [5.74, 6) is 0.807. The van der Waals surface area contributed by atoms with Crippen LogP contribution in [0.3, 0.4) is 0 Å². The highest BCUT2D eigenvalue weighted by Crippen LogP contribution is 2.34. The van der Waals surface area contributed by atoms with E-state index in [9.17, 15) is 0 Å². The molecule has 0 unspecified atom stereocenters. The largest absolute Gasteiger partial charge is 0.495 e. The average molecular weight is 404 g/mol. The molecule has 0 aliphatic carbocycles. The van der Waals surface area contributed by atoms with Crippen LogP contribution in [0.15, 0.2) is 21.1 Å². The van der Waals surface area contributed by atoms with Crippen LogP contribution >= 0.6 is 31.9 Å². The van der Waals surface area contributed by atoms with Gasteiger partial charge in [-0.3, -0.25) is 0 Å². The molecule has 0 amide bonds. The Morgan fingerprint density at radius 1 is 1.25 bits per heavy atom. The Labute approximate surface area is 138 Å². The van der Waals surface area contributed by atoms with Gasteiger partial charge in [0.05, 0.1) is 28.8 Å². The van der Waals surface area contributed by atoms with Crippen molar-refractivity contribution in [3.05, 3.63) is 21.1 Å². The second-order valence-corrected chi connectivity index (χ2v) is 7.05. The minimum absolute atomic E-state index is 0.221. The number of rotatable bonds is 7. The number of hydrogen-bond donors (Lipinski definition) is 1. The summed E-state index contributed by atoms with van der Waals surface area (Å²) in [6.45, 7) is 4.85. The van der Waals surface area contributed by atoms with Gasteiger partial charge in [0.15, 0.2) is 0 Å². The molecule has 1 aromatic rings. The molecular weight excluding hydrogens is 384 g/mol. The third-order valence-electron chi connectivity index (χ3n) is 3.09. The quantitative estimate of drug-likeness (QED) is 0.623. The first kappa shape index (κ1) is 17.3. The lowest BCUT2D eigenvalue weighted by molar-refractivity contribution is 0.412. The van der Waals surface area contributed by atoms with Crippen molar-refractivity contribution < 1.29 is 4.74 Å². The zero-order valence-electron chi connectivity index (χ0n) is 12.1. The molecule has 0 bridgehead atoms. The maximum Gasteiger partial charge on any atom is 0.135 e. The van der Waals surface area contributed by atoms with Crippen molar-refractivity contribution in [1.29, 1.82) is 5.26 Å². The van der Waals surface area contributed by atoms with Crippen molar-refractivity contribution in [2.75, 3.05) is 19.0 Å². The Balaban J connectivity index is 2.45. The molecule has 0 aliphatic heterocycles. The second-order valence-electron chi connectivity index (χ2n) is 5.35. The number of nitriles is 1. The van der Waals surface area contributed by atoms with E-state index >= 15 is 0 Å². The summed E-state index contributed by atoms with van der Waals surface area (Å²) in [4.78, 5) is 0. The maximum absolute atomic E-state index is 8.96. The van der Waals surface area contributed by atoms with E-state index in [1.165, 1.54) is 0 Å². The average Bonchev–Trinajstić information content (AvgIpc) is 2.40. The van der Waals surface area contributed by atoms with Gasteiger partial charge in [-0.05, 0) is 64.6 Å². The number of hydrogen-bond acceptors (Lipinski definition) is 3. The summed E-state index contributed by atoms with van der Waals surface area (Å²) in [5.41, 5.74) is 0.797. The van der Waals surface area contributed by atoms with E-state index in [2.05, 4.69) is 43.2 Å². The van der Waals surface area contributed by atoms with E-state index in [0.717, 1.165) is 46.2 Å². The fraction of sp³-hybridized carbons (Fsp3) is 0.533. The van der Waals surface area contributed by atoms with Gasteiger partial charge < -0.3 is 10.1 Å². The molecule has 0 radical (unpaired) electrons. The standard InChI is InChI=1S/C15H20Br2N2O/c1-15(2,10-18)6-4-5-7-19-13-9-14(20-3)12(17)8-11(13)16/h8-9,19H,4-7H2,1-3H3. The number of unbranched alkanes of at least 4 members (excludes halogenated alkanes) is 1. The predicted octanol–water partition coefficient (Wildman–Crippen LogP) is 5.35. The van der Waals surface area contributed by atoms with Crippen LogP contribution in [0.5, 0.6) is 5.75 Å². The Kier molecular flexibility index (Phi) is 6.84. The molecule has 0 saturated heterocycles. The lowest BCUT2D eigenvalue weighted by atomic mass is 9.89. The van der Waals surface area contributed by atoms with Crippen LogP contribution < -0.4 is 10.1 Å². The Hall–Kier alpha value is -0.730. The van der Waals surface area contributed by atoms with E-state index < -0.39 is 0 Å². The summed E-state index contributed by atoms with van der Waals surface area (Å²) in [7, 11) is 1.65. The molecule has 3 nitrogen and oxygen atoms in total. The second kappa shape index (κ2) is 7.90. The van der Waals surface area contributed by atoms with Crippen LogP contribution in [0.2, 0.25) is 0 Å². The number of benzene rings is 1. The monoisotopic (exact) mass is 402 g/mol. The van der Waals surface area contributed by atoms with Crippen LogP contribution in [0.25, 0.3) is 0 Å². The summed E-state index contributed by atoms with van der Waals surface area (Å²) in [6.07, 6.45) is 3.00. The van der Waals surface area contributed by atoms with Gasteiger partial charge in [0, 0.05) is 17.1 Å². The van der Waals surface area contributed by atoms with Crippen LogP contribution in [0.4, 0.5) is 5.69 Å². The highest BCUT2D eigenvalue weighted by atomic mass is 79.9. The van der Waals surface area contributed by atoms with Crippen molar-refractivity contribution in [3.8, 4) is 11.8 Å². The minimum Gasteiger partial charge on any atom is -0.495 e. The molecule has 0 atom stereocenters. The molecular formula is C15H20Br2N2O. The summed E-state index contributed by atoms with van der Waals surface area (Å²) < 4.78 is 7.21. The SMILES string of the molecule is COc1cc(NCCCCC(C)(C)C#N)c(Br)cc1Br. The van der Waals surface area contributed by atoms with Gasteiger partial charge in [0.25, 0.3) is 0 Å². The molecule has 5 heteroatoms. The van der Waals surface area contributed by atoms with Crippen molar-refractivity contribution in [2.45, 2.75) is 33.1 Å². The molecule has 0 fully saturated rings. The molecule has 1 N–H and O–H groups in total. The lowest BCUT2D eigenvalue weighted by Crippen LogP contribution is -2.09.